The van der Waals surface area contributed by atoms with Gasteiger partial charge >= 0.3 is 6.03 Å². The summed E-state index contributed by atoms with van der Waals surface area (Å²) in [4.78, 5) is 21.0. The molecule has 0 radical (unpaired) electrons. The van der Waals surface area contributed by atoms with Crippen LogP contribution in [0, 0.1) is 0 Å². The highest BCUT2D eigenvalue weighted by Gasteiger charge is 2.27. The number of carbonyl (C=O) groups excluding carboxylic acids is 1. The van der Waals surface area contributed by atoms with Crippen molar-refractivity contribution in [1.82, 2.24) is 20.1 Å². The van der Waals surface area contributed by atoms with Gasteiger partial charge < -0.3 is 20.4 Å². The molecule has 0 spiro atoms. The van der Waals surface area contributed by atoms with Crippen molar-refractivity contribution in [2.24, 2.45) is 0 Å². The highest BCUT2D eigenvalue weighted by atomic mass is 16.2. The second kappa shape index (κ2) is 7.75. The molecule has 0 bridgehead atoms. The highest BCUT2D eigenvalue weighted by Crippen LogP contribution is 2.20. The summed E-state index contributed by atoms with van der Waals surface area (Å²) in [7, 11) is 2.20. The van der Waals surface area contributed by atoms with Crippen molar-refractivity contribution in [3.8, 4) is 0 Å². The first-order chi connectivity index (χ1) is 11.2. The van der Waals surface area contributed by atoms with Gasteiger partial charge in [0.1, 0.15) is 0 Å². The van der Waals surface area contributed by atoms with Gasteiger partial charge in [-0.25, -0.2) is 4.79 Å². The van der Waals surface area contributed by atoms with Crippen LogP contribution in [-0.2, 0) is 0 Å². The Morgan fingerprint density at radius 3 is 2.39 bits per heavy atom. The fourth-order valence-electron chi connectivity index (χ4n) is 3.56. The number of likely N-dealkylation sites (tertiary alicyclic amines) is 2. The second-order valence-corrected chi connectivity index (χ2v) is 6.68. The molecular weight excluding hydrogens is 290 g/mol. The van der Waals surface area contributed by atoms with Crippen LogP contribution >= 0.6 is 0 Å². The number of hydrogen-bond acceptors (Lipinski definition) is 4. The average Bonchev–Trinajstić information content (AvgIpc) is 2.57. The van der Waals surface area contributed by atoms with Crippen LogP contribution in [0.4, 0.5) is 10.5 Å². The smallest absolute Gasteiger partial charge is 0.319 e. The summed E-state index contributed by atoms with van der Waals surface area (Å²) in [6, 6.07) is 4.48. The maximum atomic E-state index is 12.0. The zero-order valence-corrected chi connectivity index (χ0v) is 13.9. The van der Waals surface area contributed by atoms with Gasteiger partial charge in [-0.2, -0.15) is 0 Å². The fraction of sp³-hybridized carbons (Fsp3) is 0.647. The van der Waals surface area contributed by atoms with Crippen LogP contribution < -0.4 is 10.6 Å². The number of aromatic nitrogens is 1. The largest absolute Gasteiger partial charge is 0.335 e. The Bertz CT molecular complexity index is 493. The number of carbonyl (C=O) groups is 1. The third-order valence-corrected chi connectivity index (χ3v) is 5.01. The number of amides is 2. The van der Waals surface area contributed by atoms with Gasteiger partial charge in [0.2, 0.25) is 0 Å². The molecule has 2 N–H and O–H groups in total. The van der Waals surface area contributed by atoms with E-state index in [0.29, 0.717) is 0 Å². The van der Waals surface area contributed by atoms with Gasteiger partial charge in [0.15, 0.2) is 0 Å². The molecule has 0 atom stereocenters. The first-order valence-electron chi connectivity index (χ1n) is 8.61. The number of pyridine rings is 1. The molecule has 2 aliphatic heterocycles. The quantitative estimate of drug-likeness (QED) is 0.892. The zero-order chi connectivity index (χ0) is 16.1. The first kappa shape index (κ1) is 16.2. The molecule has 126 valence electrons. The standard InChI is InChI=1S/C17H27N5O/c1-21-10-6-16(7-11-21)22-12-4-15(5-13-22)20-17(23)19-14-2-8-18-9-3-14/h2-3,8-9,15-16H,4-7,10-13H2,1H3,(H2,18,19,20,23). The van der Waals surface area contributed by atoms with Gasteiger partial charge in [-0.05, 0) is 58.0 Å². The lowest BCUT2D eigenvalue weighted by Crippen LogP contribution is -2.51. The summed E-state index contributed by atoms with van der Waals surface area (Å²) in [5.41, 5.74) is 0.779. The number of hydrogen-bond donors (Lipinski definition) is 2. The summed E-state index contributed by atoms with van der Waals surface area (Å²) < 4.78 is 0. The lowest BCUT2D eigenvalue weighted by atomic mass is 9.98. The van der Waals surface area contributed by atoms with Crippen molar-refractivity contribution in [3.05, 3.63) is 24.5 Å². The molecule has 6 nitrogen and oxygen atoms in total. The van der Waals surface area contributed by atoms with E-state index in [4.69, 9.17) is 0 Å². The summed E-state index contributed by atoms with van der Waals surface area (Å²) in [6.07, 6.45) is 7.98. The number of urea groups is 1. The lowest BCUT2D eigenvalue weighted by Gasteiger charge is -2.41. The van der Waals surface area contributed by atoms with E-state index in [1.807, 2.05) is 0 Å². The molecule has 0 aromatic carbocycles. The number of nitrogens with one attached hydrogen (secondary N) is 2. The average molecular weight is 317 g/mol. The topological polar surface area (TPSA) is 60.5 Å². The molecule has 3 rings (SSSR count). The monoisotopic (exact) mass is 317 g/mol. The molecule has 23 heavy (non-hydrogen) atoms. The predicted octanol–water partition coefficient (Wildman–Crippen LogP) is 1.76. The summed E-state index contributed by atoms with van der Waals surface area (Å²) in [5, 5.41) is 5.95. The minimum Gasteiger partial charge on any atom is -0.335 e. The van der Waals surface area contributed by atoms with Crippen LogP contribution in [0.3, 0.4) is 0 Å². The Labute approximate surface area is 138 Å². The third kappa shape index (κ3) is 4.65. The summed E-state index contributed by atoms with van der Waals surface area (Å²) >= 11 is 0. The maximum absolute atomic E-state index is 12.0. The van der Waals surface area contributed by atoms with Gasteiger partial charge in [0, 0.05) is 43.3 Å². The molecule has 1 aromatic heterocycles. The van der Waals surface area contributed by atoms with E-state index in [1.165, 1.54) is 25.9 Å². The molecule has 2 amide bonds. The van der Waals surface area contributed by atoms with E-state index in [2.05, 4.69) is 32.5 Å². The van der Waals surface area contributed by atoms with Gasteiger partial charge in [0.05, 0.1) is 0 Å². The van der Waals surface area contributed by atoms with E-state index in [1.54, 1.807) is 24.5 Å². The minimum absolute atomic E-state index is 0.117. The Balaban J connectivity index is 1.40. The first-order valence-corrected chi connectivity index (χ1v) is 8.61. The van der Waals surface area contributed by atoms with E-state index in [9.17, 15) is 4.79 Å². The number of piperidine rings is 2. The van der Waals surface area contributed by atoms with Crippen LogP contribution in [0.1, 0.15) is 25.7 Å². The Morgan fingerprint density at radius 2 is 1.74 bits per heavy atom. The molecule has 0 saturated carbocycles. The molecule has 3 heterocycles. The van der Waals surface area contributed by atoms with Crippen LogP contribution in [0.5, 0.6) is 0 Å². The van der Waals surface area contributed by atoms with Crippen molar-refractivity contribution in [1.29, 1.82) is 0 Å². The minimum atomic E-state index is -0.117. The molecule has 2 fully saturated rings. The molecule has 2 aliphatic rings. The highest BCUT2D eigenvalue weighted by molar-refractivity contribution is 5.89. The van der Waals surface area contributed by atoms with Crippen LogP contribution in [0.15, 0.2) is 24.5 Å². The van der Waals surface area contributed by atoms with Crippen molar-refractivity contribution < 1.29 is 4.79 Å². The molecule has 2 saturated heterocycles. The number of nitrogens with zero attached hydrogens (tertiary/aromatic N) is 3. The van der Waals surface area contributed by atoms with Gasteiger partial charge in [-0.15, -0.1) is 0 Å². The van der Waals surface area contributed by atoms with Crippen LogP contribution in [-0.4, -0.2) is 66.1 Å². The third-order valence-electron chi connectivity index (χ3n) is 5.01. The normalized spacial score (nSPS) is 22.0. The molecule has 6 heteroatoms. The van der Waals surface area contributed by atoms with Crippen molar-refractivity contribution in [3.63, 3.8) is 0 Å². The molecule has 0 unspecified atom stereocenters. The zero-order valence-electron chi connectivity index (χ0n) is 13.9. The van der Waals surface area contributed by atoms with Crippen LogP contribution in [0.2, 0.25) is 0 Å². The van der Waals surface area contributed by atoms with Crippen molar-refractivity contribution in [2.45, 2.75) is 37.8 Å². The van der Waals surface area contributed by atoms with Crippen molar-refractivity contribution >= 4 is 11.7 Å². The second-order valence-electron chi connectivity index (χ2n) is 6.68. The van der Waals surface area contributed by atoms with E-state index < -0.39 is 0 Å². The summed E-state index contributed by atoms with van der Waals surface area (Å²) in [5.74, 6) is 0. The fourth-order valence-corrected chi connectivity index (χ4v) is 3.56. The molecule has 1 aromatic rings. The Kier molecular flexibility index (Phi) is 5.46. The van der Waals surface area contributed by atoms with Crippen LogP contribution in [0.25, 0.3) is 0 Å². The molecular formula is C17H27N5O. The SMILES string of the molecule is CN1CCC(N2CCC(NC(=O)Nc3ccncc3)CC2)CC1. The maximum Gasteiger partial charge on any atom is 0.319 e. The Morgan fingerprint density at radius 1 is 1.09 bits per heavy atom. The predicted molar refractivity (Wildman–Crippen MR) is 91.5 cm³/mol. The van der Waals surface area contributed by atoms with Gasteiger partial charge in [-0.1, -0.05) is 0 Å². The van der Waals surface area contributed by atoms with E-state index in [0.717, 1.165) is 37.7 Å². The van der Waals surface area contributed by atoms with E-state index in [-0.39, 0.29) is 12.1 Å². The lowest BCUT2D eigenvalue weighted by molar-refractivity contribution is 0.0938. The van der Waals surface area contributed by atoms with E-state index >= 15 is 0 Å². The van der Waals surface area contributed by atoms with Gasteiger partial charge in [0.25, 0.3) is 0 Å². The summed E-state index contributed by atoms with van der Waals surface area (Å²) in [6.45, 7) is 4.59. The van der Waals surface area contributed by atoms with Crippen molar-refractivity contribution in [2.75, 3.05) is 38.5 Å². The number of rotatable bonds is 3. The molecule has 0 aliphatic carbocycles. The van der Waals surface area contributed by atoms with Gasteiger partial charge in [-0.3, -0.25) is 4.98 Å². The number of anilines is 1. The Hall–Kier alpha value is -1.66.